The number of morpholine rings is 1. The number of fused-ring (bicyclic) bond motifs is 1. The molecule has 0 spiro atoms. The molecular weight excluding hydrogens is 513 g/mol. The molecular formula is C30H26FN5O4. The molecule has 202 valence electrons. The number of ether oxygens (including phenoxy) is 2. The predicted octanol–water partition coefficient (Wildman–Crippen LogP) is 4.24. The lowest BCUT2D eigenvalue weighted by molar-refractivity contribution is 0.0339. The first-order valence-corrected chi connectivity index (χ1v) is 12.8. The van der Waals surface area contributed by atoms with Crippen LogP contribution in [0, 0.1) is 5.82 Å². The zero-order valence-electron chi connectivity index (χ0n) is 21.5. The smallest absolute Gasteiger partial charge is 0.271 e. The number of primary amides is 1. The fourth-order valence-corrected chi connectivity index (χ4v) is 5.01. The third-order valence-corrected chi connectivity index (χ3v) is 6.94. The van der Waals surface area contributed by atoms with Crippen molar-refractivity contribution in [3.8, 4) is 28.4 Å². The molecule has 3 N–H and O–H groups in total. The molecule has 3 aromatic carbocycles. The number of aromatic amines is 1. The molecule has 0 saturated carbocycles. The van der Waals surface area contributed by atoms with Crippen LogP contribution in [0.3, 0.4) is 0 Å². The maximum atomic E-state index is 14.2. The fraction of sp³-hybridized carbons (Fsp3) is 0.167. The normalized spacial score (nSPS) is 13.9. The second-order valence-corrected chi connectivity index (χ2v) is 9.49. The Hall–Kier alpha value is -4.80. The first kappa shape index (κ1) is 25.5. The number of amides is 1. The molecule has 1 aliphatic heterocycles. The predicted molar refractivity (Wildman–Crippen MR) is 148 cm³/mol. The van der Waals surface area contributed by atoms with Crippen LogP contribution in [-0.2, 0) is 11.3 Å². The number of nitrogens with one attached hydrogen (secondary N) is 1. The van der Waals surface area contributed by atoms with Crippen LogP contribution in [0.5, 0.6) is 11.6 Å². The molecule has 1 aliphatic rings. The molecule has 5 aromatic rings. The molecule has 40 heavy (non-hydrogen) atoms. The number of hydrogen-bond donors (Lipinski definition) is 2. The van der Waals surface area contributed by atoms with Crippen LogP contribution >= 0.6 is 0 Å². The Labute approximate surface area is 228 Å². The minimum atomic E-state index is -0.866. The van der Waals surface area contributed by atoms with Crippen molar-refractivity contribution in [1.82, 2.24) is 19.7 Å². The summed E-state index contributed by atoms with van der Waals surface area (Å²) in [6, 6.07) is 20.0. The van der Waals surface area contributed by atoms with Crippen molar-refractivity contribution >= 4 is 16.8 Å². The van der Waals surface area contributed by atoms with Gasteiger partial charge in [0.15, 0.2) is 0 Å². The molecule has 0 aliphatic carbocycles. The number of benzene rings is 3. The number of halogens is 1. The van der Waals surface area contributed by atoms with Gasteiger partial charge in [-0.15, -0.1) is 0 Å². The number of carbonyl (C=O) groups is 1. The van der Waals surface area contributed by atoms with E-state index in [1.165, 1.54) is 28.8 Å². The number of nitrogens with zero attached hydrogens (tertiary/aromatic N) is 3. The summed E-state index contributed by atoms with van der Waals surface area (Å²) in [5.74, 6) is -0.670. The number of pyridine rings is 1. The quantitative estimate of drug-likeness (QED) is 0.320. The average Bonchev–Trinajstić information content (AvgIpc) is 3.44. The Morgan fingerprint density at radius 1 is 1.05 bits per heavy atom. The minimum Gasteiger partial charge on any atom is -0.440 e. The van der Waals surface area contributed by atoms with E-state index < -0.39 is 17.3 Å². The van der Waals surface area contributed by atoms with E-state index in [0.29, 0.717) is 61.0 Å². The van der Waals surface area contributed by atoms with Crippen LogP contribution in [0.4, 0.5) is 4.39 Å². The van der Waals surface area contributed by atoms with E-state index in [9.17, 15) is 14.0 Å². The molecule has 0 bridgehead atoms. The lowest BCUT2D eigenvalue weighted by Crippen LogP contribution is -2.37. The number of hydrogen-bond acceptors (Lipinski definition) is 6. The van der Waals surface area contributed by atoms with Gasteiger partial charge in [0.25, 0.3) is 11.5 Å². The molecule has 1 fully saturated rings. The summed E-state index contributed by atoms with van der Waals surface area (Å²) < 4.78 is 27.3. The molecule has 1 amide bonds. The first-order valence-electron chi connectivity index (χ1n) is 12.8. The third kappa shape index (κ3) is 4.86. The average molecular weight is 540 g/mol. The number of aromatic nitrogens is 3. The fourth-order valence-electron chi connectivity index (χ4n) is 5.01. The maximum Gasteiger partial charge on any atom is 0.271 e. The van der Waals surface area contributed by atoms with E-state index in [1.54, 1.807) is 18.3 Å². The minimum absolute atomic E-state index is 0.170. The highest BCUT2D eigenvalue weighted by Crippen LogP contribution is 2.37. The Morgan fingerprint density at radius 3 is 2.52 bits per heavy atom. The van der Waals surface area contributed by atoms with Crippen molar-refractivity contribution in [2.45, 2.75) is 6.54 Å². The SMILES string of the molecule is NC(=O)c1c(-c2ccccc2)c(CN2CCOCC2)c(Oc2ccc3[nH]ncc3c2)n(-c2ccc(F)cc2)c1=O. The van der Waals surface area contributed by atoms with Crippen LogP contribution < -0.4 is 16.0 Å². The van der Waals surface area contributed by atoms with Crippen LogP contribution in [0.25, 0.3) is 27.7 Å². The van der Waals surface area contributed by atoms with Gasteiger partial charge in [0.1, 0.15) is 17.1 Å². The Bertz CT molecular complexity index is 1740. The standard InChI is InChI=1S/C30H26FN5O4/c31-21-6-8-22(9-7-21)36-29(38)27(28(32)37)26(19-4-2-1-3-5-19)24(18-35-12-14-39-15-13-35)30(36)40-23-10-11-25-20(16-23)17-33-34-25/h1-11,16-17H,12-15,18H2,(H2,32,37)(H,33,34). The van der Waals surface area contributed by atoms with Crippen molar-refractivity contribution in [3.63, 3.8) is 0 Å². The molecule has 10 heteroatoms. The molecule has 6 rings (SSSR count). The van der Waals surface area contributed by atoms with Crippen molar-refractivity contribution in [1.29, 1.82) is 0 Å². The van der Waals surface area contributed by atoms with Crippen molar-refractivity contribution < 1.29 is 18.7 Å². The van der Waals surface area contributed by atoms with Crippen molar-refractivity contribution in [2.75, 3.05) is 26.3 Å². The van der Waals surface area contributed by atoms with Crippen LogP contribution in [0.2, 0.25) is 0 Å². The van der Waals surface area contributed by atoms with Crippen molar-refractivity contribution in [3.05, 3.63) is 106 Å². The molecule has 1 saturated heterocycles. The van der Waals surface area contributed by atoms with Gasteiger partial charge in [-0.1, -0.05) is 30.3 Å². The summed E-state index contributed by atoms with van der Waals surface area (Å²) in [4.78, 5) is 29.3. The number of nitrogens with two attached hydrogens (primary N) is 1. The third-order valence-electron chi connectivity index (χ3n) is 6.94. The molecule has 2 aromatic heterocycles. The molecule has 0 radical (unpaired) electrons. The van der Waals surface area contributed by atoms with Crippen molar-refractivity contribution in [2.24, 2.45) is 5.73 Å². The van der Waals surface area contributed by atoms with E-state index in [0.717, 1.165) is 10.9 Å². The summed E-state index contributed by atoms with van der Waals surface area (Å²) in [5, 5.41) is 7.81. The Balaban J connectivity index is 1.67. The maximum absolute atomic E-state index is 14.2. The van der Waals surface area contributed by atoms with Gasteiger partial charge in [0.05, 0.1) is 30.6 Å². The topological polar surface area (TPSA) is 115 Å². The van der Waals surface area contributed by atoms with Crippen LogP contribution in [0.1, 0.15) is 15.9 Å². The molecule has 0 atom stereocenters. The monoisotopic (exact) mass is 539 g/mol. The summed E-state index contributed by atoms with van der Waals surface area (Å²) in [6.07, 6.45) is 1.68. The summed E-state index contributed by atoms with van der Waals surface area (Å²) in [5.41, 5.74) is 7.85. The summed E-state index contributed by atoms with van der Waals surface area (Å²) >= 11 is 0. The number of H-pyrrole nitrogens is 1. The van der Waals surface area contributed by atoms with E-state index in [-0.39, 0.29) is 11.4 Å². The zero-order valence-corrected chi connectivity index (χ0v) is 21.5. The molecule has 9 nitrogen and oxygen atoms in total. The zero-order chi connectivity index (χ0) is 27.6. The highest BCUT2D eigenvalue weighted by Gasteiger charge is 2.29. The Kier molecular flexibility index (Phi) is 6.85. The van der Waals surface area contributed by atoms with E-state index >= 15 is 0 Å². The van der Waals surface area contributed by atoms with Gasteiger partial charge >= 0.3 is 0 Å². The molecule has 0 unspecified atom stereocenters. The lowest BCUT2D eigenvalue weighted by Gasteiger charge is -2.30. The van der Waals surface area contributed by atoms with Gasteiger partial charge in [-0.05, 0) is 48.0 Å². The van der Waals surface area contributed by atoms with E-state index in [2.05, 4.69) is 15.1 Å². The summed E-state index contributed by atoms with van der Waals surface area (Å²) in [7, 11) is 0. The lowest BCUT2D eigenvalue weighted by atomic mass is 9.94. The number of rotatable bonds is 7. The second kappa shape index (κ2) is 10.8. The first-order chi connectivity index (χ1) is 19.5. The Morgan fingerprint density at radius 2 is 1.80 bits per heavy atom. The van der Waals surface area contributed by atoms with Gasteiger partial charge in [-0.2, -0.15) is 5.10 Å². The van der Waals surface area contributed by atoms with Gasteiger partial charge < -0.3 is 15.2 Å². The van der Waals surface area contributed by atoms with Crippen LogP contribution in [-0.4, -0.2) is 51.9 Å². The molecule has 3 heterocycles. The second-order valence-electron chi connectivity index (χ2n) is 9.49. The highest BCUT2D eigenvalue weighted by molar-refractivity contribution is 6.01. The van der Waals surface area contributed by atoms with Gasteiger partial charge in [0.2, 0.25) is 5.88 Å². The van der Waals surface area contributed by atoms with E-state index in [1.807, 2.05) is 36.4 Å². The summed E-state index contributed by atoms with van der Waals surface area (Å²) in [6.45, 7) is 2.74. The van der Waals surface area contributed by atoms with Crippen LogP contribution in [0.15, 0.2) is 83.8 Å². The van der Waals surface area contributed by atoms with E-state index in [4.69, 9.17) is 15.2 Å². The van der Waals surface area contributed by atoms with Gasteiger partial charge in [-0.25, -0.2) is 8.96 Å². The highest BCUT2D eigenvalue weighted by atomic mass is 19.1. The van der Waals surface area contributed by atoms with Gasteiger partial charge in [-0.3, -0.25) is 19.6 Å². The number of carbonyl (C=O) groups excluding carboxylic acids is 1. The largest absolute Gasteiger partial charge is 0.440 e. The van der Waals surface area contributed by atoms with Gasteiger partial charge in [0, 0.05) is 36.1 Å².